The predicted octanol–water partition coefficient (Wildman–Crippen LogP) is 0.890. The van der Waals surface area contributed by atoms with Crippen molar-refractivity contribution in [3.63, 3.8) is 0 Å². The Labute approximate surface area is 103 Å². The van der Waals surface area contributed by atoms with Crippen LogP contribution in [0.3, 0.4) is 0 Å². The van der Waals surface area contributed by atoms with Crippen LogP contribution in [-0.2, 0) is 4.79 Å². The Morgan fingerprint density at radius 1 is 1.18 bits per heavy atom. The predicted molar refractivity (Wildman–Crippen MR) is 66.7 cm³/mol. The molecule has 0 aromatic carbocycles. The van der Waals surface area contributed by atoms with Gasteiger partial charge in [-0.2, -0.15) is 0 Å². The molecule has 1 amide bonds. The molecule has 2 N–H and O–H groups in total. The number of nitrogens with one attached hydrogen (secondary N) is 1. The number of rotatable bonds is 2. The lowest BCUT2D eigenvalue weighted by Gasteiger charge is -2.38. The van der Waals surface area contributed by atoms with Gasteiger partial charge in [0.2, 0.25) is 5.91 Å². The van der Waals surface area contributed by atoms with Crippen molar-refractivity contribution < 1.29 is 9.90 Å². The van der Waals surface area contributed by atoms with Crippen molar-refractivity contribution in [1.29, 1.82) is 0 Å². The van der Waals surface area contributed by atoms with E-state index >= 15 is 0 Å². The highest BCUT2D eigenvalue weighted by molar-refractivity contribution is 5.81. The minimum Gasteiger partial charge on any atom is -0.391 e. The molecule has 3 unspecified atom stereocenters. The molecule has 1 saturated carbocycles. The maximum atomic E-state index is 12.0. The molecule has 4 nitrogen and oxygen atoms in total. The van der Waals surface area contributed by atoms with Crippen molar-refractivity contribution in [2.24, 2.45) is 0 Å². The number of aliphatic hydroxyl groups excluding tert-OH is 1. The number of likely N-dealkylation sites (N-methyl/N-ethyl adjacent to an activating group) is 1. The van der Waals surface area contributed by atoms with E-state index in [-0.39, 0.29) is 24.1 Å². The van der Waals surface area contributed by atoms with Crippen LogP contribution in [-0.4, -0.2) is 47.7 Å². The first-order chi connectivity index (χ1) is 8.20. The summed E-state index contributed by atoms with van der Waals surface area (Å²) in [6, 6.07) is 0.118. The first kappa shape index (κ1) is 12.8. The molecular formula is C13H24N2O2. The lowest BCUT2D eigenvalue weighted by molar-refractivity contribution is -0.127. The minimum absolute atomic E-state index is 0.0461. The van der Waals surface area contributed by atoms with Crippen LogP contribution in [0.1, 0.15) is 44.9 Å². The number of carbonyl (C=O) groups excluding carboxylic acids is 1. The number of hydrogen-bond acceptors (Lipinski definition) is 3. The summed E-state index contributed by atoms with van der Waals surface area (Å²) in [6.07, 6.45) is 7.00. The number of amides is 1. The molecule has 3 atom stereocenters. The molecule has 1 aliphatic carbocycles. The van der Waals surface area contributed by atoms with Crippen LogP contribution in [0, 0.1) is 0 Å². The Bertz CT molecular complexity index is 270. The standard InChI is InChI=1S/C13H24N2O2/c1-15(10-6-2-3-8-12(10)16)11-7-4-5-9-14-13(11)17/h10-12,16H,2-9H2,1H3,(H,14,17). The molecule has 1 heterocycles. The van der Waals surface area contributed by atoms with Crippen LogP contribution in [0.15, 0.2) is 0 Å². The van der Waals surface area contributed by atoms with Gasteiger partial charge in [-0.25, -0.2) is 0 Å². The maximum absolute atomic E-state index is 12.0. The largest absolute Gasteiger partial charge is 0.391 e. The van der Waals surface area contributed by atoms with Gasteiger partial charge in [-0.1, -0.05) is 12.8 Å². The van der Waals surface area contributed by atoms with Gasteiger partial charge in [0, 0.05) is 12.6 Å². The summed E-state index contributed by atoms with van der Waals surface area (Å²) < 4.78 is 0. The van der Waals surface area contributed by atoms with E-state index in [4.69, 9.17) is 0 Å². The van der Waals surface area contributed by atoms with Gasteiger partial charge in [-0.3, -0.25) is 9.69 Å². The Kier molecular flexibility index (Phi) is 4.40. The first-order valence-electron chi connectivity index (χ1n) is 6.88. The second-order valence-corrected chi connectivity index (χ2v) is 5.39. The van der Waals surface area contributed by atoms with E-state index in [2.05, 4.69) is 10.2 Å². The lowest BCUT2D eigenvalue weighted by Crippen LogP contribution is -2.53. The van der Waals surface area contributed by atoms with E-state index in [1.165, 1.54) is 6.42 Å². The lowest BCUT2D eigenvalue weighted by atomic mass is 9.90. The quantitative estimate of drug-likeness (QED) is 0.753. The van der Waals surface area contributed by atoms with E-state index in [1.54, 1.807) is 0 Å². The molecule has 17 heavy (non-hydrogen) atoms. The minimum atomic E-state index is -0.259. The van der Waals surface area contributed by atoms with E-state index in [0.29, 0.717) is 0 Å². The second kappa shape index (κ2) is 5.83. The molecule has 2 aliphatic rings. The normalized spacial score (nSPS) is 35.5. The third-order valence-electron chi connectivity index (χ3n) is 4.21. The fourth-order valence-electron chi connectivity index (χ4n) is 3.11. The van der Waals surface area contributed by atoms with E-state index in [0.717, 1.165) is 45.1 Å². The van der Waals surface area contributed by atoms with Crippen LogP contribution in [0.5, 0.6) is 0 Å². The molecule has 0 bridgehead atoms. The summed E-state index contributed by atoms with van der Waals surface area (Å²) in [5, 5.41) is 13.0. The Morgan fingerprint density at radius 3 is 2.65 bits per heavy atom. The molecular weight excluding hydrogens is 216 g/mol. The van der Waals surface area contributed by atoms with Crippen LogP contribution in [0.25, 0.3) is 0 Å². The van der Waals surface area contributed by atoms with Gasteiger partial charge < -0.3 is 10.4 Å². The van der Waals surface area contributed by atoms with Gasteiger partial charge in [-0.05, 0) is 39.2 Å². The van der Waals surface area contributed by atoms with E-state index in [9.17, 15) is 9.90 Å². The van der Waals surface area contributed by atoms with E-state index in [1.807, 2.05) is 7.05 Å². The fraction of sp³-hybridized carbons (Fsp3) is 0.923. The SMILES string of the molecule is CN(C1CCCCNC1=O)C1CCCCC1O. The summed E-state index contributed by atoms with van der Waals surface area (Å²) in [5.41, 5.74) is 0. The number of carbonyl (C=O) groups is 1. The summed E-state index contributed by atoms with van der Waals surface area (Å²) >= 11 is 0. The van der Waals surface area contributed by atoms with Crippen molar-refractivity contribution in [1.82, 2.24) is 10.2 Å². The maximum Gasteiger partial charge on any atom is 0.237 e. The zero-order chi connectivity index (χ0) is 12.3. The molecule has 2 fully saturated rings. The van der Waals surface area contributed by atoms with Gasteiger partial charge in [0.25, 0.3) is 0 Å². The molecule has 0 aromatic rings. The summed E-state index contributed by atoms with van der Waals surface area (Å²) in [6.45, 7) is 0.802. The third-order valence-corrected chi connectivity index (χ3v) is 4.21. The Balaban J connectivity index is 2.01. The molecule has 2 rings (SSSR count). The van der Waals surface area contributed by atoms with Crippen LogP contribution < -0.4 is 5.32 Å². The zero-order valence-electron chi connectivity index (χ0n) is 10.7. The highest BCUT2D eigenvalue weighted by Crippen LogP contribution is 2.25. The summed E-state index contributed by atoms with van der Waals surface area (Å²) in [7, 11) is 1.99. The van der Waals surface area contributed by atoms with Crippen molar-refractivity contribution in [2.45, 2.75) is 63.1 Å². The van der Waals surface area contributed by atoms with Crippen LogP contribution in [0.4, 0.5) is 0 Å². The average molecular weight is 240 g/mol. The van der Waals surface area contributed by atoms with Gasteiger partial charge in [-0.15, -0.1) is 0 Å². The molecule has 4 heteroatoms. The Hall–Kier alpha value is -0.610. The van der Waals surface area contributed by atoms with Crippen molar-refractivity contribution in [3.05, 3.63) is 0 Å². The van der Waals surface area contributed by atoms with Crippen molar-refractivity contribution in [3.8, 4) is 0 Å². The average Bonchev–Trinajstić information content (AvgIpc) is 2.54. The monoisotopic (exact) mass is 240 g/mol. The van der Waals surface area contributed by atoms with E-state index < -0.39 is 0 Å². The van der Waals surface area contributed by atoms with Gasteiger partial charge >= 0.3 is 0 Å². The fourth-order valence-corrected chi connectivity index (χ4v) is 3.11. The summed E-state index contributed by atoms with van der Waals surface area (Å²) in [5.74, 6) is 0.141. The highest BCUT2D eigenvalue weighted by atomic mass is 16.3. The van der Waals surface area contributed by atoms with Gasteiger partial charge in [0.05, 0.1) is 12.1 Å². The van der Waals surface area contributed by atoms with Gasteiger partial charge in [0.1, 0.15) is 0 Å². The molecule has 1 saturated heterocycles. The van der Waals surface area contributed by atoms with Crippen molar-refractivity contribution >= 4 is 5.91 Å². The number of aliphatic hydroxyl groups is 1. The number of nitrogens with zero attached hydrogens (tertiary/aromatic N) is 1. The molecule has 0 radical (unpaired) electrons. The van der Waals surface area contributed by atoms with Crippen LogP contribution >= 0.6 is 0 Å². The molecule has 1 aliphatic heterocycles. The third kappa shape index (κ3) is 2.99. The van der Waals surface area contributed by atoms with Crippen LogP contribution in [0.2, 0.25) is 0 Å². The Morgan fingerprint density at radius 2 is 1.88 bits per heavy atom. The summed E-state index contributed by atoms with van der Waals surface area (Å²) in [4.78, 5) is 14.1. The number of hydrogen-bond donors (Lipinski definition) is 2. The molecule has 0 aromatic heterocycles. The van der Waals surface area contributed by atoms with Gasteiger partial charge in [0.15, 0.2) is 0 Å². The second-order valence-electron chi connectivity index (χ2n) is 5.39. The molecule has 0 spiro atoms. The molecule has 98 valence electrons. The van der Waals surface area contributed by atoms with Crippen molar-refractivity contribution in [2.75, 3.05) is 13.6 Å². The smallest absolute Gasteiger partial charge is 0.237 e. The zero-order valence-corrected chi connectivity index (χ0v) is 10.7. The topological polar surface area (TPSA) is 52.6 Å². The first-order valence-corrected chi connectivity index (χ1v) is 6.88. The highest BCUT2D eigenvalue weighted by Gasteiger charge is 2.34.